The Morgan fingerprint density at radius 2 is 1.06 bits per heavy atom. The quantitative estimate of drug-likeness (QED) is 0.186. The summed E-state index contributed by atoms with van der Waals surface area (Å²) in [7, 11) is 0. The SMILES string of the molecule is CC1(C)c2cc(N(c3ccccc3)c3cc4c(c5ccccc35)-c3c(ccc5ccccc35)C4(C)C)ccc2-c2cc3oc4ccccc4c3cc21. The first-order valence-corrected chi connectivity index (χ1v) is 18.4. The Kier molecular flexibility index (Phi) is 5.83. The summed E-state index contributed by atoms with van der Waals surface area (Å²) >= 11 is 0. The Morgan fingerprint density at radius 3 is 1.88 bits per heavy atom. The maximum atomic E-state index is 6.37. The molecule has 9 aromatic rings. The van der Waals surface area contributed by atoms with Gasteiger partial charge in [-0.2, -0.15) is 0 Å². The van der Waals surface area contributed by atoms with E-state index < -0.39 is 0 Å². The summed E-state index contributed by atoms with van der Waals surface area (Å²) in [4.78, 5) is 2.48. The first-order valence-electron chi connectivity index (χ1n) is 18.4. The summed E-state index contributed by atoms with van der Waals surface area (Å²) in [6.45, 7) is 9.54. The predicted molar refractivity (Wildman–Crippen MR) is 219 cm³/mol. The van der Waals surface area contributed by atoms with Crippen molar-refractivity contribution in [3.63, 3.8) is 0 Å². The normalized spacial score (nSPS) is 14.8. The van der Waals surface area contributed by atoms with Crippen LogP contribution in [0.3, 0.4) is 0 Å². The first-order chi connectivity index (χ1) is 25.3. The highest BCUT2D eigenvalue weighted by Crippen LogP contribution is 2.57. The molecule has 2 aliphatic rings. The summed E-state index contributed by atoms with van der Waals surface area (Å²) in [5, 5.41) is 7.50. The molecule has 2 aliphatic carbocycles. The lowest BCUT2D eigenvalue weighted by Crippen LogP contribution is -2.18. The third-order valence-electron chi connectivity index (χ3n) is 12.2. The van der Waals surface area contributed by atoms with E-state index in [1.54, 1.807) is 0 Å². The largest absolute Gasteiger partial charge is 0.456 e. The van der Waals surface area contributed by atoms with Gasteiger partial charge in [0.25, 0.3) is 0 Å². The zero-order chi connectivity index (χ0) is 34.9. The summed E-state index contributed by atoms with van der Waals surface area (Å²) in [5.74, 6) is 0. The number of furan rings is 1. The van der Waals surface area contributed by atoms with Crippen LogP contribution < -0.4 is 4.90 Å². The number of rotatable bonds is 3. The number of anilines is 3. The van der Waals surface area contributed by atoms with Gasteiger partial charge in [-0.15, -0.1) is 0 Å². The fourth-order valence-corrected chi connectivity index (χ4v) is 9.59. The Morgan fingerprint density at radius 1 is 0.404 bits per heavy atom. The molecule has 11 rings (SSSR count). The van der Waals surface area contributed by atoms with Gasteiger partial charge in [-0.05, 0) is 109 Å². The van der Waals surface area contributed by atoms with Crippen LogP contribution in [0.1, 0.15) is 49.9 Å². The highest BCUT2D eigenvalue weighted by Gasteiger charge is 2.40. The van der Waals surface area contributed by atoms with Gasteiger partial charge in [-0.25, -0.2) is 0 Å². The van der Waals surface area contributed by atoms with Crippen molar-refractivity contribution in [2.45, 2.75) is 38.5 Å². The van der Waals surface area contributed by atoms with Crippen molar-refractivity contribution >= 4 is 60.5 Å². The molecule has 0 N–H and O–H groups in total. The second kappa shape index (κ2) is 10.2. The minimum Gasteiger partial charge on any atom is -0.456 e. The standard InChI is InChI=1S/C50H37NO/c1-49(2)40-25-22-30-14-8-9-17-33(30)47(40)48-37-20-11-10-18-35(37)44(29-43(48)49)51(31-15-6-5-7-16-31)32-23-24-34-38-28-46-39(36-19-12-13-21-45(36)52-46)27-42(38)50(3,4)41(34)26-32/h5-29H,1-4H3. The third-order valence-corrected chi connectivity index (χ3v) is 12.2. The van der Waals surface area contributed by atoms with Gasteiger partial charge in [0.15, 0.2) is 0 Å². The maximum Gasteiger partial charge on any atom is 0.136 e. The molecule has 8 aromatic carbocycles. The van der Waals surface area contributed by atoms with Crippen LogP contribution >= 0.6 is 0 Å². The van der Waals surface area contributed by atoms with E-state index >= 15 is 0 Å². The highest BCUT2D eigenvalue weighted by molar-refractivity contribution is 6.15. The molecule has 248 valence electrons. The molecule has 0 amide bonds. The monoisotopic (exact) mass is 667 g/mol. The van der Waals surface area contributed by atoms with Gasteiger partial charge in [0.2, 0.25) is 0 Å². The van der Waals surface area contributed by atoms with Crippen LogP contribution in [0.2, 0.25) is 0 Å². The van der Waals surface area contributed by atoms with E-state index in [1.807, 2.05) is 6.07 Å². The highest BCUT2D eigenvalue weighted by atomic mass is 16.3. The van der Waals surface area contributed by atoms with Crippen LogP contribution in [-0.2, 0) is 10.8 Å². The molecule has 2 nitrogen and oxygen atoms in total. The van der Waals surface area contributed by atoms with Crippen LogP contribution in [0.25, 0.3) is 65.7 Å². The van der Waals surface area contributed by atoms with Crippen molar-refractivity contribution in [3.05, 3.63) is 174 Å². The van der Waals surface area contributed by atoms with Gasteiger partial charge in [0, 0.05) is 38.4 Å². The molecule has 52 heavy (non-hydrogen) atoms. The number of hydrogen-bond acceptors (Lipinski definition) is 2. The molecule has 2 heteroatoms. The van der Waals surface area contributed by atoms with E-state index in [9.17, 15) is 0 Å². The van der Waals surface area contributed by atoms with Gasteiger partial charge >= 0.3 is 0 Å². The average Bonchev–Trinajstić information content (AvgIpc) is 3.73. The predicted octanol–water partition coefficient (Wildman–Crippen LogP) is 14.0. The Bertz CT molecular complexity index is 2960. The second-order valence-electron chi connectivity index (χ2n) is 15.7. The van der Waals surface area contributed by atoms with Crippen molar-refractivity contribution in [1.82, 2.24) is 0 Å². The van der Waals surface area contributed by atoms with Gasteiger partial charge in [0.05, 0.1) is 5.69 Å². The molecule has 0 spiro atoms. The van der Waals surface area contributed by atoms with E-state index in [1.165, 1.54) is 82.5 Å². The molecule has 0 saturated heterocycles. The van der Waals surface area contributed by atoms with Gasteiger partial charge < -0.3 is 9.32 Å². The first kappa shape index (κ1) is 29.6. The zero-order valence-electron chi connectivity index (χ0n) is 29.8. The average molecular weight is 668 g/mol. The Balaban J connectivity index is 1.15. The van der Waals surface area contributed by atoms with Crippen LogP contribution in [0.5, 0.6) is 0 Å². The lowest BCUT2D eigenvalue weighted by Gasteiger charge is -2.31. The van der Waals surface area contributed by atoms with Crippen molar-refractivity contribution < 1.29 is 4.42 Å². The lowest BCUT2D eigenvalue weighted by molar-refractivity contribution is 0.658. The Hall–Kier alpha value is -6.12. The van der Waals surface area contributed by atoms with E-state index in [2.05, 4.69) is 178 Å². The number of fused-ring (bicyclic) bond motifs is 13. The van der Waals surface area contributed by atoms with Crippen LogP contribution in [0, 0.1) is 0 Å². The fraction of sp³-hybridized carbons (Fsp3) is 0.120. The van der Waals surface area contributed by atoms with Crippen LogP contribution in [0.15, 0.2) is 156 Å². The second-order valence-corrected chi connectivity index (χ2v) is 15.7. The molecule has 0 bridgehead atoms. The molecule has 1 heterocycles. The topological polar surface area (TPSA) is 16.4 Å². The molecule has 0 saturated carbocycles. The molecular formula is C50H37NO. The summed E-state index contributed by atoms with van der Waals surface area (Å²) in [5.41, 5.74) is 15.8. The number of benzene rings is 8. The zero-order valence-corrected chi connectivity index (χ0v) is 29.8. The lowest BCUT2D eigenvalue weighted by atomic mass is 9.81. The molecular weight excluding hydrogens is 631 g/mol. The minimum atomic E-state index is -0.194. The fourth-order valence-electron chi connectivity index (χ4n) is 9.59. The van der Waals surface area contributed by atoms with E-state index in [0.717, 1.165) is 22.5 Å². The summed E-state index contributed by atoms with van der Waals surface area (Å²) in [6.07, 6.45) is 0. The van der Waals surface area contributed by atoms with E-state index in [4.69, 9.17) is 4.42 Å². The van der Waals surface area contributed by atoms with E-state index in [0.29, 0.717) is 0 Å². The minimum absolute atomic E-state index is 0.168. The summed E-state index contributed by atoms with van der Waals surface area (Å²) < 4.78 is 6.37. The number of hydrogen-bond donors (Lipinski definition) is 0. The molecule has 1 aromatic heterocycles. The Labute approximate surface area is 303 Å². The number of nitrogens with zero attached hydrogens (tertiary/aromatic N) is 1. The summed E-state index contributed by atoms with van der Waals surface area (Å²) in [6, 6.07) is 56.0. The van der Waals surface area contributed by atoms with Crippen molar-refractivity contribution in [1.29, 1.82) is 0 Å². The van der Waals surface area contributed by atoms with Crippen LogP contribution in [-0.4, -0.2) is 0 Å². The van der Waals surface area contributed by atoms with Gasteiger partial charge in [0.1, 0.15) is 11.2 Å². The van der Waals surface area contributed by atoms with Crippen molar-refractivity contribution in [2.24, 2.45) is 0 Å². The molecule has 0 aliphatic heterocycles. The van der Waals surface area contributed by atoms with Gasteiger partial charge in [-0.1, -0.05) is 131 Å². The molecule has 0 atom stereocenters. The number of para-hydroxylation sites is 2. The van der Waals surface area contributed by atoms with E-state index in [-0.39, 0.29) is 10.8 Å². The van der Waals surface area contributed by atoms with Crippen molar-refractivity contribution in [3.8, 4) is 22.3 Å². The third kappa shape index (κ3) is 3.84. The van der Waals surface area contributed by atoms with Crippen LogP contribution in [0.4, 0.5) is 17.1 Å². The molecule has 0 fully saturated rings. The smallest absolute Gasteiger partial charge is 0.136 e. The molecule has 0 radical (unpaired) electrons. The van der Waals surface area contributed by atoms with Gasteiger partial charge in [-0.3, -0.25) is 0 Å². The maximum absolute atomic E-state index is 6.37. The van der Waals surface area contributed by atoms with Crippen molar-refractivity contribution in [2.75, 3.05) is 4.90 Å². The molecule has 0 unspecified atom stereocenters.